The first-order valence-electron chi connectivity index (χ1n) is 10.3. The third kappa shape index (κ3) is 4.75. The zero-order valence-corrected chi connectivity index (χ0v) is 19.1. The van der Waals surface area contributed by atoms with Crippen LogP contribution in [0.15, 0.2) is 68.8 Å². The number of thioether (sulfide) groups is 1. The van der Waals surface area contributed by atoms with Gasteiger partial charge in [-0.3, -0.25) is 4.79 Å². The molecule has 0 unspecified atom stereocenters. The van der Waals surface area contributed by atoms with Crippen molar-refractivity contribution < 1.29 is 13.7 Å². The molecule has 0 radical (unpaired) electrons. The summed E-state index contributed by atoms with van der Waals surface area (Å²) < 4.78 is 10.9. The Balaban J connectivity index is 1.40. The molecule has 0 bridgehead atoms. The number of furan rings is 1. The number of nitrogens with zero attached hydrogens (tertiary/aromatic N) is 4. The maximum absolute atomic E-state index is 13.1. The summed E-state index contributed by atoms with van der Waals surface area (Å²) in [5.41, 5.74) is 3.00. The van der Waals surface area contributed by atoms with Crippen LogP contribution in [0.25, 0.3) is 22.8 Å². The van der Waals surface area contributed by atoms with E-state index in [-0.39, 0.29) is 5.91 Å². The first-order chi connectivity index (χ1) is 15.6. The molecule has 0 aliphatic rings. The van der Waals surface area contributed by atoms with Gasteiger partial charge in [-0.15, -0.1) is 11.8 Å². The summed E-state index contributed by atoms with van der Waals surface area (Å²) >= 11 is 1.42. The molecule has 32 heavy (non-hydrogen) atoms. The van der Waals surface area contributed by atoms with Crippen LogP contribution in [0.2, 0.25) is 0 Å². The first-order valence-corrected chi connectivity index (χ1v) is 11.5. The van der Waals surface area contributed by atoms with E-state index < -0.39 is 0 Å². The van der Waals surface area contributed by atoms with Crippen molar-refractivity contribution in [1.29, 1.82) is 0 Å². The Bertz CT molecular complexity index is 1190. The summed E-state index contributed by atoms with van der Waals surface area (Å²) in [5.74, 6) is 1.77. The number of rotatable bonds is 8. The first kappa shape index (κ1) is 21.8. The minimum absolute atomic E-state index is 0.0969. The fraction of sp³-hybridized carbons (Fsp3) is 0.250. The van der Waals surface area contributed by atoms with E-state index in [0.717, 1.165) is 23.4 Å². The zero-order chi connectivity index (χ0) is 22.5. The Labute approximate surface area is 190 Å². The predicted molar refractivity (Wildman–Crippen MR) is 123 cm³/mol. The van der Waals surface area contributed by atoms with Gasteiger partial charge in [0.25, 0.3) is 5.91 Å². The van der Waals surface area contributed by atoms with Crippen LogP contribution in [0, 0.1) is 6.92 Å². The van der Waals surface area contributed by atoms with Crippen molar-refractivity contribution in [3.8, 4) is 22.8 Å². The van der Waals surface area contributed by atoms with E-state index in [2.05, 4.69) is 15.1 Å². The molecule has 1 aromatic carbocycles. The minimum atomic E-state index is -0.0969. The molecule has 164 valence electrons. The van der Waals surface area contributed by atoms with Crippen LogP contribution in [0.3, 0.4) is 0 Å². The van der Waals surface area contributed by atoms with Crippen LogP contribution in [0.5, 0.6) is 0 Å². The van der Waals surface area contributed by atoms with E-state index in [0.29, 0.717) is 40.8 Å². The molecule has 1 amide bonds. The van der Waals surface area contributed by atoms with Crippen molar-refractivity contribution in [2.24, 2.45) is 0 Å². The molecule has 0 spiro atoms. The van der Waals surface area contributed by atoms with Crippen molar-refractivity contribution in [3.63, 3.8) is 0 Å². The standard InChI is InChI=1S/C24H24N4O3S/c1-16-21(23(32-3)26-22(25-16)20-12-8-14-30-20)24(29)28(2)13-7-11-18-15-19(27-31-18)17-9-5-4-6-10-17/h4-6,8-10,12,14-15H,7,11,13H2,1-3H3. The second-order valence-corrected chi connectivity index (χ2v) is 8.16. The Morgan fingerprint density at radius 2 is 1.94 bits per heavy atom. The van der Waals surface area contributed by atoms with E-state index in [1.807, 2.05) is 49.6 Å². The van der Waals surface area contributed by atoms with Gasteiger partial charge in [-0.2, -0.15) is 0 Å². The summed E-state index contributed by atoms with van der Waals surface area (Å²) in [6, 6.07) is 15.5. The molecule has 8 heteroatoms. The maximum atomic E-state index is 13.1. The highest BCUT2D eigenvalue weighted by Crippen LogP contribution is 2.26. The van der Waals surface area contributed by atoms with Crippen LogP contribution < -0.4 is 0 Å². The topological polar surface area (TPSA) is 85.3 Å². The molecule has 0 aliphatic heterocycles. The summed E-state index contributed by atoms with van der Waals surface area (Å²) in [6.45, 7) is 2.40. The molecule has 7 nitrogen and oxygen atoms in total. The quantitative estimate of drug-likeness (QED) is 0.273. The Morgan fingerprint density at radius 3 is 2.66 bits per heavy atom. The predicted octanol–water partition coefficient (Wildman–Crippen LogP) is 5.13. The number of aryl methyl sites for hydroxylation is 2. The lowest BCUT2D eigenvalue weighted by Gasteiger charge is -2.19. The average molecular weight is 449 g/mol. The second-order valence-electron chi connectivity index (χ2n) is 7.37. The summed E-state index contributed by atoms with van der Waals surface area (Å²) in [4.78, 5) is 23.9. The van der Waals surface area contributed by atoms with E-state index in [9.17, 15) is 4.79 Å². The van der Waals surface area contributed by atoms with Gasteiger partial charge in [0, 0.05) is 31.6 Å². The molecule has 0 aliphatic carbocycles. The van der Waals surface area contributed by atoms with Gasteiger partial charge in [0.2, 0.25) is 0 Å². The van der Waals surface area contributed by atoms with Gasteiger partial charge in [0.1, 0.15) is 16.5 Å². The molecular weight excluding hydrogens is 424 g/mol. The van der Waals surface area contributed by atoms with Gasteiger partial charge in [0.05, 0.1) is 17.5 Å². The van der Waals surface area contributed by atoms with Crippen LogP contribution in [0.1, 0.15) is 28.2 Å². The van der Waals surface area contributed by atoms with Crippen LogP contribution in [-0.2, 0) is 6.42 Å². The number of benzene rings is 1. The molecule has 3 aromatic heterocycles. The van der Waals surface area contributed by atoms with Crippen molar-refractivity contribution in [2.45, 2.75) is 24.8 Å². The fourth-order valence-corrected chi connectivity index (χ4v) is 4.03. The van der Waals surface area contributed by atoms with Crippen molar-refractivity contribution in [3.05, 3.63) is 71.8 Å². The molecule has 4 aromatic rings. The van der Waals surface area contributed by atoms with Gasteiger partial charge >= 0.3 is 0 Å². The lowest BCUT2D eigenvalue weighted by Crippen LogP contribution is -2.29. The molecule has 3 heterocycles. The Hall–Kier alpha value is -3.39. The van der Waals surface area contributed by atoms with Crippen LogP contribution in [-0.4, -0.2) is 45.8 Å². The molecule has 0 saturated carbocycles. The number of hydrogen-bond acceptors (Lipinski definition) is 7. The Kier molecular flexibility index (Phi) is 6.70. The number of amides is 1. The molecule has 0 N–H and O–H groups in total. The fourth-order valence-electron chi connectivity index (χ4n) is 3.42. The monoisotopic (exact) mass is 448 g/mol. The summed E-state index contributed by atoms with van der Waals surface area (Å²) in [6.07, 6.45) is 4.93. The maximum Gasteiger partial charge on any atom is 0.258 e. The van der Waals surface area contributed by atoms with Crippen molar-refractivity contribution >= 4 is 17.7 Å². The van der Waals surface area contributed by atoms with Gasteiger partial charge in [-0.25, -0.2) is 9.97 Å². The van der Waals surface area contributed by atoms with Gasteiger partial charge < -0.3 is 13.8 Å². The lowest BCUT2D eigenvalue weighted by molar-refractivity contribution is 0.0787. The average Bonchev–Trinajstić information content (AvgIpc) is 3.51. The minimum Gasteiger partial charge on any atom is -0.461 e. The SMILES string of the molecule is CSc1nc(-c2ccco2)nc(C)c1C(=O)N(C)CCCc1cc(-c2ccccc2)no1. The van der Waals surface area contributed by atoms with E-state index >= 15 is 0 Å². The lowest BCUT2D eigenvalue weighted by atomic mass is 10.1. The van der Waals surface area contributed by atoms with Crippen molar-refractivity contribution in [1.82, 2.24) is 20.0 Å². The highest BCUT2D eigenvalue weighted by Gasteiger charge is 2.22. The van der Waals surface area contributed by atoms with Crippen molar-refractivity contribution in [2.75, 3.05) is 19.8 Å². The van der Waals surface area contributed by atoms with E-state index in [1.54, 1.807) is 30.3 Å². The molecule has 0 atom stereocenters. The highest BCUT2D eigenvalue weighted by atomic mass is 32.2. The van der Waals surface area contributed by atoms with Crippen LogP contribution in [0.4, 0.5) is 0 Å². The second kappa shape index (κ2) is 9.82. The Morgan fingerprint density at radius 1 is 1.12 bits per heavy atom. The smallest absolute Gasteiger partial charge is 0.258 e. The number of carbonyl (C=O) groups excluding carboxylic acids is 1. The van der Waals surface area contributed by atoms with E-state index in [1.165, 1.54) is 11.8 Å². The summed E-state index contributed by atoms with van der Waals surface area (Å²) in [5, 5.41) is 4.79. The third-order valence-corrected chi connectivity index (χ3v) is 5.78. The molecule has 0 saturated heterocycles. The molecule has 4 rings (SSSR count). The normalized spacial score (nSPS) is 11.0. The highest BCUT2D eigenvalue weighted by molar-refractivity contribution is 7.98. The van der Waals surface area contributed by atoms with Gasteiger partial charge in [-0.05, 0) is 31.7 Å². The third-order valence-electron chi connectivity index (χ3n) is 5.10. The van der Waals surface area contributed by atoms with Gasteiger partial charge in [-0.1, -0.05) is 35.5 Å². The van der Waals surface area contributed by atoms with E-state index in [4.69, 9.17) is 8.94 Å². The number of carbonyl (C=O) groups is 1. The van der Waals surface area contributed by atoms with Gasteiger partial charge in [0.15, 0.2) is 11.6 Å². The molecular formula is C24H24N4O3S. The zero-order valence-electron chi connectivity index (χ0n) is 18.2. The largest absolute Gasteiger partial charge is 0.461 e. The van der Waals surface area contributed by atoms with Crippen LogP contribution >= 0.6 is 11.8 Å². The number of aromatic nitrogens is 3. The summed E-state index contributed by atoms with van der Waals surface area (Å²) in [7, 11) is 1.79. The molecule has 0 fully saturated rings. The number of hydrogen-bond donors (Lipinski definition) is 0.